The second kappa shape index (κ2) is 4.25. The number of nitrogens with zero attached hydrogens (tertiary/aromatic N) is 1. The molecule has 0 aliphatic rings. The van der Waals surface area contributed by atoms with Gasteiger partial charge in [0.25, 0.3) is 0 Å². The Balaban J connectivity index is 2.80. The molecule has 0 unspecified atom stereocenters. The lowest BCUT2D eigenvalue weighted by Gasteiger charge is -2.18. The number of pyridine rings is 1. The number of amides is 1. The number of aromatic nitrogens is 1. The summed E-state index contributed by atoms with van der Waals surface area (Å²) in [5.74, 6) is 0.0154. The monoisotopic (exact) mass is 304 g/mol. The zero-order chi connectivity index (χ0) is 10.8. The Labute approximate surface area is 97.4 Å². The smallest absolute Gasteiger partial charge is 0.229 e. The van der Waals surface area contributed by atoms with Crippen LogP contribution in [0, 0.1) is 8.99 Å². The number of anilines is 1. The molecule has 0 aliphatic heterocycles. The standard InChI is InChI=1S/C10H13IN2O/c1-10(2,3)9(14)13-8-4-5-12-6-7(8)11/h4-6H,1-3H3,(H,12,13,14). The molecule has 0 spiro atoms. The molecule has 0 fully saturated rings. The van der Waals surface area contributed by atoms with Crippen molar-refractivity contribution in [3.05, 3.63) is 22.0 Å². The summed E-state index contributed by atoms with van der Waals surface area (Å²) in [5, 5.41) is 2.86. The first-order valence-electron chi connectivity index (χ1n) is 4.32. The minimum absolute atomic E-state index is 0.0154. The van der Waals surface area contributed by atoms with Crippen molar-refractivity contribution in [3.8, 4) is 0 Å². The van der Waals surface area contributed by atoms with Crippen LogP contribution in [-0.4, -0.2) is 10.9 Å². The van der Waals surface area contributed by atoms with Crippen LogP contribution in [0.5, 0.6) is 0 Å². The number of halogens is 1. The molecule has 76 valence electrons. The Morgan fingerprint density at radius 3 is 2.64 bits per heavy atom. The number of hydrogen-bond acceptors (Lipinski definition) is 2. The Hall–Kier alpha value is -0.650. The summed E-state index contributed by atoms with van der Waals surface area (Å²) in [6, 6.07) is 1.80. The van der Waals surface area contributed by atoms with Crippen LogP contribution < -0.4 is 5.32 Å². The molecule has 4 heteroatoms. The number of nitrogens with one attached hydrogen (secondary N) is 1. The van der Waals surface area contributed by atoms with Gasteiger partial charge in [0, 0.05) is 17.8 Å². The maximum Gasteiger partial charge on any atom is 0.229 e. The number of hydrogen-bond donors (Lipinski definition) is 1. The van der Waals surface area contributed by atoms with Crippen molar-refractivity contribution in [2.24, 2.45) is 5.41 Å². The van der Waals surface area contributed by atoms with Gasteiger partial charge >= 0.3 is 0 Å². The zero-order valence-electron chi connectivity index (χ0n) is 8.47. The van der Waals surface area contributed by atoms with E-state index < -0.39 is 0 Å². The van der Waals surface area contributed by atoms with Crippen LogP contribution >= 0.6 is 22.6 Å². The molecule has 1 rings (SSSR count). The van der Waals surface area contributed by atoms with Gasteiger partial charge < -0.3 is 5.32 Å². The van der Waals surface area contributed by atoms with E-state index >= 15 is 0 Å². The van der Waals surface area contributed by atoms with Crippen molar-refractivity contribution < 1.29 is 4.79 Å². The lowest BCUT2D eigenvalue weighted by Crippen LogP contribution is -2.27. The molecule has 1 amide bonds. The average molecular weight is 304 g/mol. The van der Waals surface area contributed by atoms with Crippen LogP contribution in [0.15, 0.2) is 18.5 Å². The molecule has 0 saturated carbocycles. The summed E-state index contributed by atoms with van der Waals surface area (Å²) in [7, 11) is 0. The van der Waals surface area contributed by atoms with Gasteiger partial charge in [-0.25, -0.2) is 0 Å². The molecular weight excluding hydrogens is 291 g/mol. The van der Waals surface area contributed by atoms with Crippen molar-refractivity contribution in [2.75, 3.05) is 5.32 Å². The molecule has 0 saturated heterocycles. The molecule has 0 radical (unpaired) electrons. The van der Waals surface area contributed by atoms with Crippen LogP contribution in [0.2, 0.25) is 0 Å². The fraction of sp³-hybridized carbons (Fsp3) is 0.400. The van der Waals surface area contributed by atoms with Gasteiger partial charge in [-0.15, -0.1) is 0 Å². The highest BCUT2D eigenvalue weighted by Crippen LogP contribution is 2.20. The first-order valence-corrected chi connectivity index (χ1v) is 5.40. The van der Waals surface area contributed by atoms with Gasteiger partial charge in [0.05, 0.1) is 9.26 Å². The SMILES string of the molecule is CC(C)(C)C(=O)Nc1ccncc1I. The molecule has 1 heterocycles. The molecule has 0 bridgehead atoms. The van der Waals surface area contributed by atoms with Gasteiger partial charge in [0.15, 0.2) is 0 Å². The maximum atomic E-state index is 11.7. The third-order valence-corrected chi connectivity index (χ3v) is 2.56. The third-order valence-electron chi connectivity index (χ3n) is 1.70. The summed E-state index contributed by atoms with van der Waals surface area (Å²) in [4.78, 5) is 15.6. The summed E-state index contributed by atoms with van der Waals surface area (Å²) >= 11 is 2.14. The van der Waals surface area contributed by atoms with Gasteiger partial charge in [-0.3, -0.25) is 9.78 Å². The summed E-state index contributed by atoms with van der Waals surface area (Å²) in [6.07, 6.45) is 3.39. The number of rotatable bonds is 1. The first kappa shape index (κ1) is 11.4. The zero-order valence-corrected chi connectivity index (χ0v) is 10.6. The lowest BCUT2D eigenvalue weighted by molar-refractivity contribution is -0.123. The Kier molecular flexibility index (Phi) is 3.47. The molecule has 1 aromatic heterocycles. The van der Waals surface area contributed by atoms with Crippen LogP contribution in [0.1, 0.15) is 20.8 Å². The largest absolute Gasteiger partial charge is 0.325 e. The predicted molar refractivity (Wildman–Crippen MR) is 65.0 cm³/mol. The number of carbonyl (C=O) groups excluding carboxylic acids is 1. The number of carbonyl (C=O) groups is 1. The summed E-state index contributed by atoms with van der Waals surface area (Å²) in [6.45, 7) is 5.66. The quantitative estimate of drug-likeness (QED) is 0.811. The normalized spacial score (nSPS) is 11.1. The van der Waals surface area contributed by atoms with Crippen LogP contribution in [0.4, 0.5) is 5.69 Å². The minimum atomic E-state index is -0.369. The van der Waals surface area contributed by atoms with Gasteiger partial charge in [-0.05, 0) is 28.7 Å². The van der Waals surface area contributed by atoms with Crippen molar-refractivity contribution in [1.29, 1.82) is 0 Å². The highest BCUT2D eigenvalue weighted by molar-refractivity contribution is 14.1. The van der Waals surface area contributed by atoms with Crippen LogP contribution in [0.3, 0.4) is 0 Å². The molecular formula is C10H13IN2O. The molecule has 0 atom stereocenters. The van der Waals surface area contributed by atoms with Crippen LogP contribution in [-0.2, 0) is 4.79 Å². The van der Waals surface area contributed by atoms with E-state index in [1.807, 2.05) is 20.8 Å². The van der Waals surface area contributed by atoms with E-state index in [4.69, 9.17) is 0 Å². The predicted octanol–water partition coefficient (Wildman–Crippen LogP) is 2.67. The molecule has 1 N–H and O–H groups in total. The summed E-state index contributed by atoms with van der Waals surface area (Å²) in [5.41, 5.74) is 0.451. The lowest BCUT2D eigenvalue weighted by atomic mass is 9.95. The maximum absolute atomic E-state index is 11.7. The highest BCUT2D eigenvalue weighted by Gasteiger charge is 2.21. The molecule has 3 nitrogen and oxygen atoms in total. The fourth-order valence-corrected chi connectivity index (χ4v) is 1.26. The second-order valence-electron chi connectivity index (χ2n) is 4.06. The van der Waals surface area contributed by atoms with Crippen LogP contribution in [0.25, 0.3) is 0 Å². The van der Waals surface area contributed by atoms with Crippen molar-refractivity contribution in [3.63, 3.8) is 0 Å². The van der Waals surface area contributed by atoms with Crippen molar-refractivity contribution >= 4 is 34.2 Å². The molecule has 14 heavy (non-hydrogen) atoms. The fourth-order valence-electron chi connectivity index (χ4n) is 0.786. The van der Waals surface area contributed by atoms with E-state index in [1.165, 1.54) is 0 Å². The molecule has 0 aromatic carbocycles. The van der Waals surface area contributed by atoms with E-state index in [9.17, 15) is 4.79 Å². The first-order chi connectivity index (χ1) is 6.41. The van der Waals surface area contributed by atoms with Crippen molar-refractivity contribution in [2.45, 2.75) is 20.8 Å². The Morgan fingerprint density at radius 1 is 1.50 bits per heavy atom. The van der Waals surface area contributed by atoms with Gasteiger partial charge in [-0.1, -0.05) is 20.8 Å². The van der Waals surface area contributed by atoms with Gasteiger partial charge in [-0.2, -0.15) is 0 Å². The van der Waals surface area contributed by atoms with E-state index in [0.717, 1.165) is 9.26 Å². The van der Waals surface area contributed by atoms with E-state index in [-0.39, 0.29) is 11.3 Å². The Morgan fingerprint density at radius 2 is 2.14 bits per heavy atom. The van der Waals surface area contributed by atoms with Crippen molar-refractivity contribution in [1.82, 2.24) is 4.98 Å². The topological polar surface area (TPSA) is 42.0 Å². The second-order valence-corrected chi connectivity index (χ2v) is 5.22. The highest BCUT2D eigenvalue weighted by atomic mass is 127. The summed E-state index contributed by atoms with van der Waals surface area (Å²) < 4.78 is 0.947. The molecule has 0 aliphatic carbocycles. The van der Waals surface area contributed by atoms with Gasteiger partial charge in [0.1, 0.15) is 0 Å². The van der Waals surface area contributed by atoms with Gasteiger partial charge in [0.2, 0.25) is 5.91 Å². The average Bonchev–Trinajstić information content (AvgIpc) is 2.07. The third kappa shape index (κ3) is 2.94. The van der Waals surface area contributed by atoms with E-state index in [0.29, 0.717) is 0 Å². The minimum Gasteiger partial charge on any atom is -0.325 e. The molecule has 1 aromatic rings. The van der Waals surface area contributed by atoms with E-state index in [1.54, 1.807) is 18.5 Å². The van der Waals surface area contributed by atoms with E-state index in [2.05, 4.69) is 32.9 Å². The Bertz CT molecular complexity index is 344.